The molecule has 0 saturated heterocycles. The van der Waals surface area contributed by atoms with Crippen LogP contribution >= 0.6 is 0 Å². The van der Waals surface area contributed by atoms with Gasteiger partial charge in [-0.3, -0.25) is 0 Å². The molecule has 0 aliphatic heterocycles. The Labute approximate surface area is 111 Å². The number of hydrogen-bond donors (Lipinski definition) is 1. The van der Waals surface area contributed by atoms with Crippen LogP contribution in [-0.2, 0) is 6.54 Å². The molecule has 0 radical (unpaired) electrons. The second kappa shape index (κ2) is 8.92. The summed E-state index contributed by atoms with van der Waals surface area (Å²) in [4.78, 5) is 0. The summed E-state index contributed by atoms with van der Waals surface area (Å²) in [6, 6.07) is 0. The molecule has 1 heterocycles. The van der Waals surface area contributed by atoms with Crippen molar-refractivity contribution in [1.29, 1.82) is 0 Å². The molecule has 0 unspecified atom stereocenters. The summed E-state index contributed by atoms with van der Waals surface area (Å²) >= 11 is 0. The Morgan fingerprint density at radius 1 is 1.33 bits per heavy atom. The first kappa shape index (κ1) is 15.0. The van der Waals surface area contributed by atoms with E-state index in [1.165, 1.54) is 37.7 Å². The highest BCUT2D eigenvalue weighted by molar-refractivity contribution is 5.17. The fourth-order valence-electron chi connectivity index (χ4n) is 1.96. The molecular weight excluding hydrogens is 222 g/mol. The van der Waals surface area contributed by atoms with Crippen molar-refractivity contribution < 1.29 is 0 Å². The van der Waals surface area contributed by atoms with Crippen LogP contribution in [-0.4, -0.2) is 16.3 Å². The standard InChI is InChI=1S/C15H27N3/c1-4-18-13-15(12-17-18)11-16-10-8-6-5-7-9-14(2)3/h4,12-14,16H,1,5-11H2,2-3H3. The van der Waals surface area contributed by atoms with Crippen molar-refractivity contribution in [2.75, 3.05) is 6.54 Å². The van der Waals surface area contributed by atoms with Gasteiger partial charge in [0, 0.05) is 24.5 Å². The predicted octanol–water partition coefficient (Wildman–Crippen LogP) is 3.68. The lowest BCUT2D eigenvalue weighted by Gasteiger charge is -2.05. The second-order valence-electron chi connectivity index (χ2n) is 5.28. The van der Waals surface area contributed by atoms with Crippen LogP contribution in [0.15, 0.2) is 19.0 Å². The first-order valence-corrected chi connectivity index (χ1v) is 7.08. The summed E-state index contributed by atoms with van der Waals surface area (Å²) in [5.74, 6) is 0.851. The molecule has 18 heavy (non-hydrogen) atoms. The quantitative estimate of drug-likeness (QED) is 0.641. The van der Waals surface area contributed by atoms with E-state index in [1.807, 2.05) is 12.4 Å². The molecule has 3 heteroatoms. The second-order valence-corrected chi connectivity index (χ2v) is 5.28. The fraction of sp³-hybridized carbons (Fsp3) is 0.667. The van der Waals surface area contributed by atoms with E-state index in [0.29, 0.717) is 0 Å². The van der Waals surface area contributed by atoms with Gasteiger partial charge in [0.15, 0.2) is 0 Å². The number of rotatable bonds is 10. The molecule has 1 rings (SSSR count). The van der Waals surface area contributed by atoms with Gasteiger partial charge in [-0.1, -0.05) is 46.1 Å². The van der Waals surface area contributed by atoms with E-state index in [-0.39, 0.29) is 0 Å². The van der Waals surface area contributed by atoms with Gasteiger partial charge < -0.3 is 5.32 Å². The molecule has 0 saturated carbocycles. The van der Waals surface area contributed by atoms with Gasteiger partial charge in [0.25, 0.3) is 0 Å². The summed E-state index contributed by atoms with van der Waals surface area (Å²) < 4.78 is 1.74. The van der Waals surface area contributed by atoms with E-state index >= 15 is 0 Å². The Balaban J connectivity index is 1.94. The van der Waals surface area contributed by atoms with Crippen LogP contribution in [0, 0.1) is 5.92 Å². The minimum Gasteiger partial charge on any atom is -0.313 e. The van der Waals surface area contributed by atoms with Gasteiger partial charge >= 0.3 is 0 Å². The third-order valence-corrected chi connectivity index (χ3v) is 3.06. The minimum atomic E-state index is 0.851. The molecule has 1 aromatic heterocycles. The Bertz CT molecular complexity index is 328. The Kier molecular flexibility index (Phi) is 7.42. The smallest absolute Gasteiger partial charge is 0.0538 e. The number of unbranched alkanes of at least 4 members (excludes halogenated alkanes) is 3. The maximum atomic E-state index is 4.15. The van der Waals surface area contributed by atoms with Gasteiger partial charge in [0.2, 0.25) is 0 Å². The van der Waals surface area contributed by atoms with Crippen molar-refractivity contribution in [3.63, 3.8) is 0 Å². The average Bonchev–Trinajstić information content (AvgIpc) is 2.80. The Morgan fingerprint density at radius 2 is 2.11 bits per heavy atom. The van der Waals surface area contributed by atoms with E-state index < -0.39 is 0 Å². The van der Waals surface area contributed by atoms with Crippen LogP contribution in [0.1, 0.15) is 51.5 Å². The topological polar surface area (TPSA) is 29.9 Å². The van der Waals surface area contributed by atoms with E-state index in [2.05, 4.69) is 30.8 Å². The summed E-state index contributed by atoms with van der Waals surface area (Å²) in [7, 11) is 0. The van der Waals surface area contributed by atoms with Crippen molar-refractivity contribution in [2.45, 2.75) is 52.5 Å². The van der Waals surface area contributed by atoms with Gasteiger partial charge in [-0.15, -0.1) is 0 Å². The molecule has 0 atom stereocenters. The zero-order chi connectivity index (χ0) is 13.2. The molecule has 1 aromatic rings. The molecule has 1 N–H and O–H groups in total. The Morgan fingerprint density at radius 3 is 2.78 bits per heavy atom. The highest BCUT2D eigenvalue weighted by Crippen LogP contribution is 2.09. The number of hydrogen-bond acceptors (Lipinski definition) is 2. The summed E-state index contributed by atoms with van der Waals surface area (Å²) in [6.45, 7) is 10.3. The van der Waals surface area contributed by atoms with Gasteiger partial charge in [-0.2, -0.15) is 5.10 Å². The molecule has 0 aliphatic rings. The largest absolute Gasteiger partial charge is 0.313 e. The van der Waals surface area contributed by atoms with Gasteiger partial charge in [-0.25, -0.2) is 4.68 Å². The lowest BCUT2D eigenvalue weighted by Crippen LogP contribution is -2.14. The van der Waals surface area contributed by atoms with E-state index in [1.54, 1.807) is 10.9 Å². The highest BCUT2D eigenvalue weighted by Gasteiger charge is 1.97. The van der Waals surface area contributed by atoms with Crippen molar-refractivity contribution >= 4 is 6.20 Å². The molecule has 102 valence electrons. The van der Waals surface area contributed by atoms with Gasteiger partial charge in [0.05, 0.1) is 6.20 Å². The lowest BCUT2D eigenvalue weighted by molar-refractivity contribution is 0.512. The van der Waals surface area contributed by atoms with Crippen LogP contribution in [0.25, 0.3) is 6.20 Å². The van der Waals surface area contributed by atoms with E-state index in [9.17, 15) is 0 Å². The van der Waals surface area contributed by atoms with Crippen molar-refractivity contribution in [2.24, 2.45) is 5.92 Å². The SMILES string of the molecule is C=Cn1cc(CNCCCCCCC(C)C)cn1. The maximum absolute atomic E-state index is 4.15. The summed E-state index contributed by atoms with van der Waals surface area (Å²) in [5.41, 5.74) is 1.22. The molecule has 0 amide bonds. The zero-order valence-electron chi connectivity index (χ0n) is 11.9. The molecule has 0 fully saturated rings. The van der Waals surface area contributed by atoms with Gasteiger partial charge in [-0.05, 0) is 18.9 Å². The number of nitrogens with one attached hydrogen (secondary N) is 1. The first-order chi connectivity index (χ1) is 8.72. The van der Waals surface area contributed by atoms with Crippen molar-refractivity contribution in [3.8, 4) is 0 Å². The third kappa shape index (κ3) is 6.60. The van der Waals surface area contributed by atoms with Crippen molar-refractivity contribution in [1.82, 2.24) is 15.1 Å². The third-order valence-electron chi connectivity index (χ3n) is 3.06. The summed E-state index contributed by atoms with van der Waals surface area (Å²) in [5, 5.41) is 7.60. The molecule has 0 aromatic carbocycles. The lowest BCUT2D eigenvalue weighted by atomic mass is 10.0. The molecule has 3 nitrogen and oxygen atoms in total. The van der Waals surface area contributed by atoms with Crippen LogP contribution in [0.4, 0.5) is 0 Å². The Hall–Kier alpha value is -1.09. The minimum absolute atomic E-state index is 0.851. The van der Waals surface area contributed by atoms with Crippen LogP contribution in [0.5, 0.6) is 0 Å². The van der Waals surface area contributed by atoms with Gasteiger partial charge in [0.1, 0.15) is 0 Å². The fourth-order valence-corrected chi connectivity index (χ4v) is 1.96. The zero-order valence-corrected chi connectivity index (χ0v) is 11.9. The number of nitrogens with zero attached hydrogens (tertiary/aromatic N) is 2. The molecule has 0 aliphatic carbocycles. The molecule has 0 spiro atoms. The number of aromatic nitrogens is 2. The summed E-state index contributed by atoms with van der Waals surface area (Å²) in [6.07, 6.45) is 12.3. The average molecular weight is 249 g/mol. The maximum Gasteiger partial charge on any atom is 0.0538 e. The molecular formula is C15H27N3. The van der Waals surface area contributed by atoms with E-state index in [0.717, 1.165) is 19.0 Å². The van der Waals surface area contributed by atoms with Crippen molar-refractivity contribution in [3.05, 3.63) is 24.5 Å². The monoisotopic (exact) mass is 249 g/mol. The van der Waals surface area contributed by atoms with Crippen LogP contribution in [0.3, 0.4) is 0 Å². The highest BCUT2D eigenvalue weighted by atomic mass is 15.2. The molecule has 0 bridgehead atoms. The normalized spacial score (nSPS) is 11.1. The van der Waals surface area contributed by atoms with E-state index in [4.69, 9.17) is 0 Å². The van der Waals surface area contributed by atoms with Crippen LogP contribution < -0.4 is 5.32 Å². The predicted molar refractivity (Wildman–Crippen MR) is 78.2 cm³/mol. The first-order valence-electron chi connectivity index (χ1n) is 7.08. The van der Waals surface area contributed by atoms with Crippen LogP contribution in [0.2, 0.25) is 0 Å².